The van der Waals surface area contributed by atoms with Crippen molar-refractivity contribution in [3.05, 3.63) is 114 Å². The fraction of sp³-hybridized carbons (Fsp3) is 0.176. The Labute approximate surface area is 233 Å². The van der Waals surface area contributed by atoms with Crippen LogP contribution >= 0.6 is 0 Å². The minimum atomic E-state index is -1.05. The van der Waals surface area contributed by atoms with E-state index in [9.17, 15) is 0 Å². The smallest absolute Gasteiger partial charge is 0.231 e. The summed E-state index contributed by atoms with van der Waals surface area (Å²) < 4.78 is 30.7. The highest BCUT2D eigenvalue weighted by Gasteiger charge is 2.45. The monoisotopic (exact) mass is 531 g/mol. The van der Waals surface area contributed by atoms with Gasteiger partial charge < -0.3 is 29.0 Å². The van der Waals surface area contributed by atoms with Crippen LogP contribution < -0.4 is 24.3 Å². The Kier molecular flexibility index (Phi) is 5.98. The Morgan fingerprint density at radius 3 is 2.30 bits per heavy atom. The van der Waals surface area contributed by atoms with Crippen LogP contribution in [0.4, 0.5) is 5.69 Å². The first-order chi connectivity index (χ1) is 19.7. The van der Waals surface area contributed by atoms with Gasteiger partial charge in [-0.3, -0.25) is 0 Å². The van der Waals surface area contributed by atoms with Gasteiger partial charge in [0.1, 0.15) is 6.61 Å². The number of benzene rings is 5. The Morgan fingerprint density at radius 2 is 1.55 bits per heavy atom. The van der Waals surface area contributed by atoms with Crippen molar-refractivity contribution in [2.45, 2.75) is 19.3 Å². The van der Waals surface area contributed by atoms with Crippen molar-refractivity contribution in [3.63, 3.8) is 0 Å². The van der Waals surface area contributed by atoms with Crippen LogP contribution in [0, 0.1) is 0 Å². The average Bonchev–Trinajstić information content (AvgIpc) is 3.47. The van der Waals surface area contributed by atoms with Gasteiger partial charge in [-0.05, 0) is 47.7 Å². The van der Waals surface area contributed by atoms with Gasteiger partial charge in [-0.15, -0.1) is 0 Å². The predicted molar refractivity (Wildman–Crippen MR) is 155 cm³/mol. The molecule has 0 aromatic heterocycles. The third-order valence-electron chi connectivity index (χ3n) is 7.56. The van der Waals surface area contributed by atoms with Crippen molar-refractivity contribution in [2.75, 3.05) is 25.8 Å². The lowest BCUT2D eigenvalue weighted by Gasteiger charge is -2.43. The molecule has 1 N–H and O–H groups in total. The Bertz CT molecular complexity index is 1700. The molecule has 6 nitrogen and oxygen atoms in total. The van der Waals surface area contributed by atoms with Gasteiger partial charge >= 0.3 is 0 Å². The molecule has 0 spiro atoms. The summed E-state index contributed by atoms with van der Waals surface area (Å²) in [6.07, 6.45) is 0. The predicted octanol–water partition coefficient (Wildman–Crippen LogP) is 7.49. The molecule has 0 radical (unpaired) electrons. The van der Waals surface area contributed by atoms with Crippen LogP contribution in [0.5, 0.6) is 23.0 Å². The summed E-state index contributed by atoms with van der Waals surface area (Å²) in [4.78, 5) is 0. The zero-order valence-corrected chi connectivity index (χ0v) is 22.4. The molecule has 2 heterocycles. The van der Waals surface area contributed by atoms with Crippen LogP contribution in [-0.4, -0.2) is 20.5 Å². The Morgan fingerprint density at radius 1 is 0.825 bits per heavy atom. The zero-order chi connectivity index (χ0) is 27.1. The molecule has 1 unspecified atom stereocenters. The normalized spacial score (nSPS) is 16.6. The number of ether oxygens (including phenoxy) is 5. The summed E-state index contributed by atoms with van der Waals surface area (Å²) in [5.74, 6) is 2.77. The molecule has 7 rings (SSSR count). The SMILES string of the molecule is CCOC1(c2ccccc2)Nc2c(ccc3cc4c(cc23)OCO4)-c2ccc(OC)c(OCc3ccccc3)c21. The van der Waals surface area contributed by atoms with E-state index in [4.69, 9.17) is 23.7 Å². The van der Waals surface area contributed by atoms with Crippen LogP contribution in [0.3, 0.4) is 0 Å². The lowest BCUT2D eigenvalue weighted by Crippen LogP contribution is -2.42. The number of hydrogen-bond acceptors (Lipinski definition) is 6. The molecule has 2 aliphatic heterocycles. The summed E-state index contributed by atoms with van der Waals surface area (Å²) >= 11 is 0. The highest BCUT2D eigenvalue weighted by atomic mass is 16.7. The van der Waals surface area contributed by atoms with E-state index in [0.717, 1.165) is 55.8 Å². The first-order valence-electron chi connectivity index (χ1n) is 13.4. The summed E-state index contributed by atoms with van der Waals surface area (Å²) in [5, 5.41) is 5.92. The van der Waals surface area contributed by atoms with E-state index in [1.165, 1.54) is 0 Å². The van der Waals surface area contributed by atoms with Crippen LogP contribution in [-0.2, 0) is 17.1 Å². The van der Waals surface area contributed by atoms with E-state index < -0.39 is 5.72 Å². The van der Waals surface area contributed by atoms with Gasteiger partial charge in [0.2, 0.25) is 6.79 Å². The van der Waals surface area contributed by atoms with Crippen molar-refractivity contribution < 1.29 is 23.7 Å². The number of methoxy groups -OCH3 is 1. The molecule has 0 saturated carbocycles. The molecule has 40 heavy (non-hydrogen) atoms. The maximum Gasteiger partial charge on any atom is 0.231 e. The fourth-order valence-corrected chi connectivity index (χ4v) is 5.78. The van der Waals surface area contributed by atoms with Crippen molar-refractivity contribution in [1.82, 2.24) is 0 Å². The highest BCUT2D eigenvalue weighted by molar-refractivity contribution is 6.06. The number of nitrogens with one attached hydrogen (secondary N) is 1. The largest absolute Gasteiger partial charge is 0.493 e. The first kappa shape index (κ1) is 24.4. The van der Waals surface area contributed by atoms with E-state index in [1.54, 1.807) is 7.11 Å². The zero-order valence-electron chi connectivity index (χ0n) is 22.4. The minimum absolute atomic E-state index is 0.221. The molecule has 0 fully saturated rings. The molecule has 5 aromatic rings. The lowest BCUT2D eigenvalue weighted by atomic mass is 9.81. The van der Waals surface area contributed by atoms with Crippen LogP contribution in [0.15, 0.2) is 97.1 Å². The van der Waals surface area contributed by atoms with Crippen molar-refractivity contribution in [2.24, 2.45) is 0 Å². The Hall–Kier alpha value is -4.68. The maximum absolute atomic E-state index is 6.77. The van der Waals surface area contributed by atoms with Crippen molar-refractivity contribution in [3.8, 4) is 34.1 Å². The second-order valence-electron chi connectivity index (χ2n) is 9.81. The van der Waals surface area contributed by atoms with Gasteiger partial charge in [-0.25, -0.2) is 0 Å². The molecule has 2 aliphatic rings. The lowest BCUT2D eigenvalue weighted by molar-refractivity contribution is 0.00901. The van der Waals surface area contributed by atoms with Crippen LogP contribution in [0.1, 0.15) is 23.6 Å². The molecule has 1 atom stereocenters. The van der Waals surface area contributed by atoms with Crippen molar-refractivity contribution in [1.29, 1.82) is 0 Å². The molecule has 0 bridgehead atoms. The van der Waals surface area contributed by atoms with E-state index in [2.05, 4.69) is 47.8 Å². The summed E-state index contributed by atoms with van der Waals surface area (Å²) in [5.41, 5.74) is 4.86. The quantitative estimate of drug-likeness (QED) is 0.235. The second-order valence-corrected chi connectivity index (χ2v) is 9.81. The van der Waals surface area contributed by atoms with Gasteiger partial charge in [-0.2, -0.15) is 0 Å². The molecule has 0 saturated heterocycles. The van der Waals surface area contributed by atoms with Gasteiger partial charge in [0, 0.05) is 23.1 Å². The van der Waals surface area contributed by atoms with Gasteiger partial charge in [0.25, 0.3) is 0 Å². The highest BCUT2D eigenvalue weighted by Crippen LogP contribution is 2.55. The number of fused-ring (bicyclic) bond motifs is 6. The summed E-state index contributed by atoms with van der Waals surface area (Å²) in [6.45, 7) is 3.08. The van der Waals surface area contributed by atoms with Gasteiger partial charge in [-0.1, -0.05) is 72.8 Å². The van der Waals surface area contributed by atoms with Gasteiger partial charge in [0.15, 0.2) is 28.7 Å². The van der Waals surface area contributed by atoms with Crippen LogP contribution in [0.2, 0.25) is 0 Å². The standard InChI is InChI=1S/C34H29NO5/c1-3-40-34(24-12-8-5-9-13-24)31-25(16-17-28(36-2)33(31)37-20-22-10-6-4-7-11-22)26-15-14-23-18-29-30(39-21-38-29)19-27(23)32(26)35-34/h4-19,35H,3,20-21H2,1-2H3. The summed E-state index contributed by atoms with van der Waals surface area (Å²) in [6, 6.07) is 32.8. The maximum atomic E-state index is 6.77. The van der Waals surface area contributed by atoms with Crippen molar-refractivity contribution >= 4 is 16.5 Å². The third kappa shape index (κ3) is 3.83. The second kappa shape index (κ2) is 9.81. The van der Waals surface area contributed by atoms with E-state index in [-0.39, 0.29) is 6.79 Å². The number of hydrogen-bond donors (Lipinski definition) is 1. The fourth-order valence-electron chi connectivity index (χ4n) is 5.78. The number of rotatable bonds is 7. The van der Waals surface area contributed by atoms with E-state index in [0.29, 0.717) is 24.7 Å². The molecular formula is C34H29NO5. The molecule has 0 aliphatic carbocycles. The molecular weight excluding hydrogens is 502 g/mol. The van der Waals surface area contributed by atoms with Gasteiger partial charge in [0.05, 0.1) is 18.4 Å². The van der Waals surface area contributed by atoms with E-state index in [1.807, 2.05) is 61.5 Å². The minimum Gasteiger partial charge on any atom is -0.493 e. The average molecular weight is 532 g/mol. The summed E-state index contributed by atoms with van der Waals surface area (Å²) in [7, 11) is 1.67. The number of anilines is 1. The Balaban J connectivity index is 1.51. The third-order valence-corrected chi connectivity index (χ3v) is 7.56. The topological polar surface area (TPSA) is 58.2 Å². The van der Waals surface area contributed by atoms with Crippen LogP contribution in [0.25, 0.3) is 21.9 Å². The molecule has 6 heteroatoms. The molecule has 0 amide bonds. The molecule has 5 aromatic carbocycles. The molecule has 200 valence electrons. The van der Waals surface area contributed by atoms with E-state index >= 15 is 0 Å². The first-order valence-corrected chi connectivity index (χ1v) is 13.4.